The van der Waals surface area contributed by atoms with Gasteiger partial charge in [-0.1, -0.05) is 49.3 Å². The zero-order valence-electron chi connectivity index (χ0n) is 11.8. The molecule has 0 unspecified atom stereocenters. The van der Waals surface area contributed by atoms with Crippen molar-refractivity contribution in [2.75, 3.05) is 5.73 Å². The SMILES string of the molecule is CC(C)c1nc(SCc2ccc(Cl)cc2)nc(N)c1C#N. The number of nitrogens with two attached hydrogens (primary N) is 1. The summed E-state index contributed by atoms with van der Waals surface area (Å²) in [6, 6.07) is 9.71. The number of aromatic nitrogens is 2. The van der Waals surface area contributed by atoms with E-state index in [0.29, 0.717) is 21.4 Å². The summed E-state index contributed by atoms with van der Waals surface area (Å²) in [7, 11) is 0. The number of nitriles is 1. The molecule has 21 heavy (non-hydrogen) atoms. The highest BCUT2D eigenvalue weighted by molar-refractivity contribution is 7.98. The summed E-state index contributed by atoms with van der Waals surface area (Å²) in [5.41, 5.74) is 8.06. The average molecular weight is 319 g/mol. The van der Waals surface area contributed by atoms with Crippen LogP contribution < -0.4 is 5.73 Å². The smallest absolute Gasteiger partial charge is 0.190 e. The van der Waals surface area contributed by atoms with E-state index in [1.165, 1.54) is 11.8 Å². The van der Waals surface area contributed by atoms with E-state index < -0.39 is 0 Å². The fourth-order valence-corrected chi connectivity index (χ4v) is 2.74. The fraction of sp³-hybridized carbons (Fsp3) is 0.267. The molecule has 0 aliphatic carbocycles. The molecule has 1 aromatic heterocycles. The molecule has 0 saturated carbocycles. The first-order valence-corrected chi connectivity index (χ1v) is 7.82. The van der Waals surface area contributed by atoms with Gasteiger partial charge < -0.3 is 5.73 Å². The van der Waals surface area contributed by atoms with E-state index in [1.54, 1.807) is 0 Å². The van der Waals surface area contributed by atoms with Gasteiger partial charge in [-0.25, -0.2) is 9.97 Å². The number of hydrogen-bond donors (Lipinski definition) is 1. The van der Waals surface area contributed by atoms with Crippen LogP contribution in [-0.4, -0.2) is 9.97 Å². The maximum absolute atomic E-state index is 9.14. The van der Waals surface area contributed by atoms with Crippen molar-refractivity contribution >= 4 is 29.2 Å². The van der Waals surface area contributed by atoms with Crippen molar-refractivity contribution in [2.24, 2.45) is 0 Å². The van der Waals surface area contributed by atoms with Gasteiger partial charge in [-0.05, 0) is 23.6 Å². The molecular weight excluding hydrogens is 304 g/mol. The number of thioether (sulfide) groups is 1. The largest absolute Gasteiger partial charge is 0.382 e. The van der Waals surface area contributed by atoms with Crippen molar-refractivity contribution in [2.45, 2.75) is 30.7 Å². The second-order valence-corrected chi connectivity index (χ2v) is 6.21. The Morgan fingerprint density at radius 3 is 2.52 bits per heavy atom. The lowest BCUT2D eigenvalue weighted by Crippen LogP contribution is -2.06. The molecule has 0 fully saturated rings. The first-order chi connectivity index (χ1) is 10.0. The third-order valence-electron chi connectivity index (χ3n) is 2.88. The van der Waals surface area contributed by atoms with E-state index >= 15 is 0 Å². The summed E-state index contributed by atoms with van der Waals surface area (Å²) in [6.07, 6.45) is 0. The first kappa shape index (κ1) is 15.6. The minimum absolute atomic E-state index is 0.125. The Bertz CT molecular complexity index is 677. The van der Waals surface area contributed by atoms with Crippen LogP contribution in [0.1, 0.15) is 36.6 Å². The molecule has 0 aliphatic rings. The molecule has 6 heteroatoms. The number of nitrogens with zero attached hydrogens (tertiary/aromatic N) is 3. The van der Waals surface area contributed by atoms with Crippen LogP contribution in [0.15, 0.2) is 29.4 Å². The molecule has 1 aromatic carbocycles. The van der Waals surface area contributed by atoms with Gasteiger partial charge in [0.1, 0.15) is 17.5 Å². The van der Waals surface area contributed by atoms with Crippen LogP contribution in [0.4, 0.5) is 5.82 Å². The highest BCUT2D eigenvalue weighted by atomic mass is 35.5. The zero-order valence-corrected chi connectivity index (χ0v) is 13.4. The van der Waals surface area contributed by atoms with Crippen LogP contribution in [-0.2, 0) is 5.75 Å². The van der Waals surface area contributed by atoms with Crippen molar-refractivity contribution in [3.8, 4) is 6.07 Å². The van der Waals surface area contributed by atoms with Crippen molar-refractivity contribution in [1.29, 1.82) is 5.26 Å². The topological polar surface area (TPSA) is 75.6 Å². The van der Waals surface area contributed by atoms with E-state index in [4.69, 9.17) is 22.6 Å². The third-order valence-corrected chi connectivity index (χ3v) is 4.05. The Labute approximate surface area is 133 Å². The molecule has 1 heterocycles. The molecule has 0 saturated heterocycles. The standard InChI is InChI=1S/C15H15ClN4S/c1-9(2)13-12(7-17)14(18)20-15(19-13)21-8-10-3-5-11(16)6-4-10/h3-6,9H,8H2,1-2H3,(H2,18,19,20). The Kier molecular flexibility index (Phi) is 5.05. The molecule has 0 amide bonds. The van der Waals surface area contributed by atoms with Gasteiger partial charge in [0.05, 0.1) is 5.69 Å². The molecule has 0 bridgehead atoms. The van der Waals surface area contributed by atoms with Crippen LogP contribution in [0.2, 0.25) is 5.02 Å². The highest BCUT2D eigenvalue weighted by Crippen LogP contribution is 2.26. The summed E-state index contributed by atoms with van der Waals surface area (Å²) >= 11 is 7.35. The first-order valence-electron chi connectivity index (χ1n) is 6.46. The molecule has 108 valence electrons. The number of nitrogen functional groups attached to an aromatic ring is 1. The monoisotopic (exact) mass is 318 g/mol. The number of hydrogen-bond acceptors (Lipinski definition) is 5. The van der Waals surface area contributed by atoms with Crippen molar-refractivity contribution in [3.05, 3.63) is 46.1 Å². The zero-order chi connectivity index (χ0) is 15.4. The van der Waals surface area contributed by atoms with E-state index in [9.17, 15) is 0 Å². The van der Waals surface area contributed by atoms with Crippen molar-refractivity contribution in [1.82, 2.24) is 9.97 Å². The van der Waals surface area contributed by atoms with E-state index in [-0.39, 0.29) is 11.7 Å². The second kappa shape index (κ2) is 6.79. The quantitative estimate of drug-likeness (QED) is 0.681. The van der Waals surface area contributed by atoms with Crippen molar-refractivity contribution in [3.63, 3.8) is 0 Å². The van der Waals surface area contributed by atoms with E-state index in [1.807, 2.05) is 38.1 Å². The maximum atomic E-state index is 9.14. The van der Waals surface area contributed by atoms with Crippen LogP contribution >= 0.6 is 23.4 Å². The van der Waals surface area contributed by atoms with Gasteiger partial charge in [0, 0.05) is 10.8 Å². The maximum Gasteiger partial charge on any atom is 0.190 e. The molecule has 0 atom stereocenters. The molecule has 2 N–H and O–H groups in total. The number of rotatable bonds is 4. The predicted molar refractivity (Wildman–Crippen MR) is 86.3 cm³/mol. The van der Waals surface area contributed by atoms with Crippen LogP contribution in [0.25, 0.3) is 0 Å². The lowest BCUT2D eigenvalue weighted by molar-refractivity contribution is 0.776. The number of benzene rings is 1. The van der Waals surface area contributed by atoms with E-state index in [0.717, 1.165) is 11.3 Å². The summed E-state index contributed by atoms with van der Waals surface area (Å²) < 4.78 is 0. The number of halogens is 1. The predicted octanol–water partition coefficient (Wildman–Crippen LogP) is 4.00. The molecular formula is C15H15ClN4S. The second-order valence-electron chi connectivity index (χ2n) is 4.83. The molecule has 0 spiro atoms. The average Bonchev–Trinajstić information content (AvgIpc) is 2.46. The molecule has 2 rings (SSSR count). The molecule has 4 nitrogen and oxygen atoms in total. The minimum Gasteiger partial charge on any atom is -0.382 e. The van der Waals surface area contributed by atoms with Crippen LogP contribution in [0.3, 0.4) is 0 Å². The van der Waals surface area contributed by atoms with Gasteiger partial charge in [-0.2, -0.15) is 5.26 Å². The Morgan fingerprint density at radius 2 is 1.95 bits per heavy atom. The van der Waals surface area contributed by atoms with Crippen molar-refractivity contribution < 1.29 is 0 Å². The highest BCUT2D eigenvalue weighted by Gasteiger charge is 2.15. The number of anilines is 1. The molecule has 0 aliphatic heterocycles. The van der Waals surface area contributed by atoms with Gasteiger partial charge in [0.25, 0.3) is 0 Å². The van der Waals surface area contributed by atoms with Gasteiger partial charge in [-0.3, -0.25) is 0 Å². The third kappa shape index (κ3) is 3.87. The van der Waals surface area contributed by atoms with Gasteiger partial charge in [0.2, 0.25) is 0 Å². The molecule has 2 aromatic rings. The summed E-state index contributed by atoms with van der Waals surface area (Å²) in [5.74, 6) is 1.09. The Morgan fingerprint density at radius 1 is 1.29 bits per heavy atom. The van der Waals surface area contributed by atoms with Gasteiger partial charge >= 0.3 is 0 Å². The fourth-order valence-electron chi connectivity index (χ4n) is 1.80. The summed E-state index contributed by atoms with van der Waals surface area (Å²) in [6.45, 7) is 3.96. The lowest BCUT2D eigenvalue weighted by Gasteiger charge is -2.10. The Hall–Kier alpha value is -1.77. The van der Waals surface area contributed by atoms with Gasteiger partial charge in [0.15, 0.2) is 5.16 Å². The van der Waals surface area contributed by atoms with E-state index in [2.05, 4.69) is 16.0 Å². The Balaban J connectivity index is 2.21. The summed E-state index contributed by atoms with van der Waals surface area (Å²) in [4.78, 5) is 8.66. The lowest BCUT2D eigenvalue weighted by atomic mass is 10.1. The van der Waals surface area contributed by atoms with Gasteiger partial charge in [-0.15, -0.1) is 0 Å². The molecule has 0 radical (unpaired) electrons. The van der Waals surface area contributed by atoms with Crippen LogP contribution in [0.5, 0.6) is 0 Å². The minimum atomic E-state index is 0.125. The summed E-state index contributed by atoms with van der Waals surface area (Å²) in [5, 5.41) is 10.4. The van der Waals surface area contributed by atoms with Crippen LogP contribution in [0, 0.1) is 11.3 Å². The normalized spacial score (nSPS) is 10.6.